The number of carbonyl (C=O) groups is 1. The third-order valence-corrected chi connectivity index (χ3v) is 6.62. The molecule has 0 saturated carbocycles. The van der Waals surface area contributed by atoms with Gasteiger partial charge in [0.1, 0.15) is 5.25 Å². The fourth-order valence-electron chi connectivity index (χ4n) is 1.93. The molecule has 0 saturated heterocycles. The zero-order chi connectivity index (χ0) is 15.1. The highest BCUT2D eigenvalue weighted by Crippen LogP contribution is 2.28. The third-order valence-electron chi connectivity index (χ3n) is 3.21. The van der Waals surface area contributed by atoms with Crippen LogP contribution in [-0.2, 0) is 4.79 Å². The average Bonchev–Trinajstić information content (AvgIpc) is 2.43. The maximum Gasteiger partial charge on any atom is 0.318 e. The highest BCUT2D eigenvalue weighted by Gasteiger charge is 2.15. The molecule has 0 aliphatic heterocycles. The third kappa shape index (κ3) is 13.5. The van der Waals surface area contributed by atoms with Gasteiger partial charge in [0.05, 0.1) is 0 Å². The Bertz CT molecular complexity index is 225. The molecule has 2 nitrogen and oxygen atoms in total. The van der Waals surface area contributed by atoms with Crippen LogP contribution in [0.2, 0.25) is 0 Å². The molecule has 0 spiro atoms. The van der Waals surface area contributed by atoms with Gasteiger partial charge in [-0.15, -0.1) is 0 Å². The molecule has 0 heterocycles. The van der Waals surface area contributed by atoms with E-state index in [1.807, 2.05) is 0 Å². The van der Waals surface area contributed by atoms with Crippen molar-refractivity contribution in [3.05, 3.63) is 0 Å². The zero-order valence-electron chi connectivity index (χ0n) is 12.7. The molecule has 120 valence electrons. The maximum absolute atomic E-state index is 10.8. The van der Waals surface area contributed by atoms with Crippen molar-refractivity contribution in [1.29, 1.82) is 0 Å². The summed E-state index contributed by atoms with van der Waals surface area (Å²) in [5.74, 6) is 0.713. The van der Waals surface area contributed by atoms with Gasteiger partial charge in [-0.05, 0) is 6.42 Å². The Labute approximate surface area is 138 Å². The van der Waals surface area contributed by atoms with Gasteiger partial charge in [0.25, 0.3) is 0 Å². The van der Waals surface area contributed by atoms with Crippen LogP contribution in [-0.4, -0.2) is 27.8 Å². The highest BCUT2D eigenvalue weighted by atomic mass is 33.1. The van der Waals surface area contributed by atoms with E-state index in [-0.39, 0.29) is 5.25 Å². The molecule has 0 aromatic heterocycles. The lowest BCUT2D eigenvalue weighted by atomic mass is 10.1. The first-order valence-electron chi connectivity index (χ1n) is 7.84. The van der Waals surface area contributed by atoms with Crippen molar-refractivity contribution < 1.29 is 9.90 Å². The van der Waals surface area contributed by atoms with Crippen molar-refractivity contribution in [2.75, 3.05) is 11.5 Å². The van der Waals surface area contributed by atoms with Gasteiger partial charge in [0, 0.05) is 11.5 Å². The first-order chi connectivity index (χ1) is 9.72. The molecule has 20 heavy (non-hydrogen) atoms. The molecule has 1 atom stereocenters. The summed E-state index contributed by atoms with van der Waals surface area (Å²) in [6.07, 6.45) is 13.5. The fraction of sp³-hybridized carbons (Fsp3) is 0.933. The molecule has 0 aliphatic carbocycles. The van der Waals surface area contributed by atoms with Gasteiger partial charge in [0.2, 0.25) is 0 Å². The average molecular weight is 339 g/mol. The van der Waals surface area contributed by atoms with Crippen LogP contribution < -0.4 is 0 Å². The molecule has 0 aromatic carbocycles. The van der Waals surface area contributed by atoms with E-state index >= 15 is 0 Å². The maximum atomic E-state index is 10.8. The lowest BCUT2D eigenvalue weighted by Crippen LogP contribution is -2.16. The van der Waals surface area contributed by atoms with Gasteiger partial charge in [-0.1, -0.05) is 86.3 Å². The number of carboxylic acid groups (broad SMARTS) is 1. The zero-order valence-corrected chi connectivity index (χ0v) is 15.2. The van der Waals surface area contributed by atoms with E-state index in [0.717, 1.165) is 5.75 Å². The molecular formula is C15H30O2S3. The van der Waals surface area contributed by atoms with Gasteiger partial charge in [-0.25, -0.2) is 0 Å². The van der Waals surface area contributed by atoms with E-state index in [1.165, 1.54) is 75.0 Å². The van der Waals surface area contributed by atoms with Gasteiger partial charge in [0.15, 0.2) is 0 Å². The number of thiol groups is 1. The molecule has 0 fully saturated rings. The van der Waals surface area contributed by atoms with Crippen LogP contribution in [0.25, 0.3) is 0 Å². The van der Waals surface area contributed by atoms with Crippen LogP contribution in [0.4, 0.5) is 0 Å². The second kappa shape index (κ2) is 15.9. The lowest BCUT2D eigenvalue weighted by molar-refractivity contribution is -0.135. The molecule has 0 amide bonds. The van der Waals surface area contributed by atoms with Crippen LogP contribution in [0.15, 0.2) is 0 Å². The smallest absolute Gasteiger partial charge is 0.318 e. The standard InChI is InChI=1S/C15H30O2S3/c1-2-3-4-5-6-7-8-9-10-11-12-19-20-14(13-18)15(16)17/h14,18H,2-13H2,1H3,(H,16,17). The largest absolute Gasteiger partial charge is 0.480 e. The number of hydrogen-bond acceptors (Lipinski definition) is 4. The number of unbranched alkanes of at least 4 members (excludes halogenated alkanes) is 9. The minimum absolute atomic E-state index is 0.369. The van der Waals surface area contributed by atoms with E-state index in [0.29, 0.717) is 5.75 Å². The Hall–Kier alpha value is 0.520. The summed E-state index contributed by atoms with van der Waals surface area (Å²) < 4.78 is 0. The molecule has 5 heteroatoms. The molecule has 0 aliphatic rings. The minimum Gasteiger partial charge on any atom is -0.480 e. The first-order valence-corrected chi connectivity index (χ1v) is 10.9. The van der Waals surface area contributed by atoms with Crippen LogP contribution in [0, 0.1) is 0 Å². The Morgan fingerprint density at radius 1 is 1.00 bits per heavy atom. The summed E-state index contributed by atoms with van der Waals surface area (Å²) in [5, 5.41) is 8.50. The van der Waals surface area contributed by atoms with E-state index in [4.69, 9.17) is 5.11 Å². The number of hydrogen-bond donors (Lipinski definition) is 2. The number of rotatable bonds is 15. The van der Waals surface area contributed by atoms with Crippen molar-refractivity contribution in [3.8, 4) is 0 Å². The summed E-state index contributed by atoms with van der Waals surface area (Å²) in [5.41, 5.74) is 0. The van der Waals surface area contributed by atoms with E-state index in [9.17, 15) is 4.79 Å². The lowest BCUT2D eigenvalue weighted by Gasteiger charge is -2.07. The second-order valence-electron chi connectivity index (χ2n) is 5.11. The summed E-state index contributed by atoms with van der Waals surface area (Å²) in [6.45, 7) is 2.26. The van der Waals surface area contributed by atoms with Crippen molar-refractivity contribution >= 4 is 40.2 Å². The van der Waals surface area contributed by atoms with Crippen LogP contribution in [0.1, 0.15) is 71.1 Å². The number of carboxylic acids is 1. The summed E-state index contributed by atoms with van der Waals surface area (Å²) in [7, 11) is 3.13. The minimum atomic E-state index is -0.749. The molecule has 0 rings (SSSR count). The Morgan fingerprint density at radius 3 is 1.95 bits per heavy atom. The van der Waals surface area contributed by atoms with Crippen molar-refractivity contribution in [1.82, 2.24) is 0 Å². The van der Waals surface area contributed by atoms with Crippen LogP contribution in [0.5, 0.6) is 0 Å². The fourth-order valence-corrected chi connectivity index (χ4v) is 4.92. The predicted molar refractivity (Wildman–Crippen MR) is 97.2 cm³/mol. The summed E-state index contributed by atoms with van der Waals surface area (Å²) in [6, 6.07) is 0. The second-order valence-corrected chi connectivity index (χ2v) is 8.16. The van der Waals surface area contributed by atoms with Gasteiger partial charge >= 0.3 is 5.97 Å². The molecular weight excluding hydrogens is 308 g/mol. The molecule has 0 radical (unpaired) electrons. The van der Waals surface area contributed by atoms with Crippen LogP contribution >= 0.6 is 34.2 Å². The predicted octanol–water partition coefficient (Wildman–Crippen LogP) is 5.67. The highest BCUT2D eigenvalue weighted by molar-refractivity contribution is 8.77. The Kier molecular flexibility index (Phi) is 16.3. The van der Waals surface area contributed by atoms with Gasteiger partial charge < -0.3 is 5.11 Å². The van der Waals surface area contributed by atoms with Crippen molar-refractivity contribution in [3.63, 3.8) is 0 Å². The van der Waals surface area contributed by atoms with Crippen molar-refractivity contribution in [2.45, 2.75) is 76.4 Å². The molecule has 0 aromatic rings. The normalized spacial score (nSPS) is 12.5. The molecule has 1 N–H and O–H groups in total. The van der Waals surface area contributed by atoms with Gasteiger partial charge in [-0.3, -0.25) is 4.79 Å². The summed E-state index contributed by atoms with van der Waals surface area (Å²) >= 11 is 4.05. The Morgan fingerprint density at radius 2 is 1.50 bits per heavy atom. The Balaban J connectivity index is 3.15. The first kappa shape index (κ1) is 20.5. The van der Waals surface area contributed by atoms with E-state index in [1.54, 1.807) is 10.8 Å². The topological polar surface area (TPSA) is 37.3 Å². The van der Waals surface area contributed by atoms with Crippen LogP contribution in [0.3, 0.4) is 0 Å². The molecule has 1 unspecified atom stereocenters. The van der Waals surface area contributed by atoms with Gasteiger partial charge in [-0.2, -0.15) is 12.6 Å². The van der Waals surface area contributed by atoms with E-state index in [2.05, 4.69) is 19.6 Å². The van der Waals surface area contributed by atoms with E-state index < -0.39 is 5.97 Å². The number of aliphatic carboxylic acids is 1. The quantitative estimate of drug-likeness (QED) is 0.229. The SMILES string of the molecule is CCCCCCCCCCCCSSC(CS)C(=O)O. The summed E-state index contributed by atoms with van der Waals surface area (Å²) in [4.78, 5) is 10.8. The monoisotopic (exact) mass is 338 g/mol. The molecule has 0 bridgehead atoms. The van der Waals surface area contributed by atoms with Crippen molar-refractivity contribution in [2.24, 2.45) is 0 Å².